The van der Waals surface area contributed by atoms with Gasteiger partial charge in [0.05, 0.1) is 19.7 Å². The van der Waals surface area contributed by atoms with Gasteiger partial charge in [-0.1, -0.05) is 51.0 Å². The van der Waals surface area contributed by atoms with Crippen molar-refractivity contribution >= 4 is 0 Å². The van der Waals surface area contributed by atoms with E-state index in [0.29, 0.717) is 18.4 Å². The molecule has 138 valence electrons. The average molecular weight is 335 g/mol. The summed E-state index contributed by atoms with van der Waals surface area (Å²) in [6.07, 6.45) is 7.47. The summed E-state index contributed by atoms with van der Waals surface area (Å²) in [4.78, 5) is 1.62. The standard InChI is InChI=1S/C22H39NO/c1-15-9-17(3)21(18(4)10-15)13-23(7-8-24)14-22-19(5)11-16(2)12-20(22)6/h9,11,17-22,24H,7-8,10,12-14H2,1-6H3/p+1/t17-,18+,19-,20+,21-,22-/m0/s1. The fraction of sp³-hybridized carbons (Fsp3) is 0.818. The summed E-state index contributed by atoms with van der Waals surface area (Å²) in [5, 5.41) is 9.60. The number of nitrogens with one attached hydrogen (secondary N) is 1. The zero-order valence-electron chi connectivity index (χ0n) is 16.8. The number of rotatable bonds is 6. The molecule has 0 fully saturated rings. The van der Waals surface area contributed by atoms with Crippen LogP contribution < -0.4 is 4.90 Å². The molecule has 24 heavy (non-hydrogen) atoms. The Labute approximate surface area is 150 Å². The molecule has 0 heterocycles. The lowest BCUT2D eigenvalue weighted by atomic mass is 9.73. The second kappa shape index (κ2) is 8.67. The third-order valence-corrected chi connectivity index (χ3v) is 6.71. The van der Waals surface area contributed by atoms with E-state index in [-0.39, 0.29) is 0 Å². The van der Waals surface area contributed by atoms with E-state index in [0.717, 1.165) is 30.2 Å². The highest BCUT2D eigenvalue weighted by Crippen LogP contribution is 2.34. The Kier molecular flexibility index (Phi) is 7.12. The van der Waals surface area contributed by atoms with Crippen LogP contribution in [0.3, 0.4) is 0 Å². The van der Waals surface area contributed by atoms with E-state index in [2.05, 4.69) is 53.7 Å². The largest absolute Gasteiger partial charge is 0.391 e. The highest BCUT2D eigenvalue weighted by molar-refractivity contribution is 5.09. The minimum Gasteiger partial charge on any atom is -0.391 e. The Morgan fingerprint density at radius 1 is 0.875 bits per heavy atom. The molecule has 6 atom stereocenters. The van der Waals surface area contributed by atoms with Gasteiger partial charge in [-0.3, -0.25) is 0 Å². The van der Waals surface area contributed by atoms with E-state index in [1.54, 1.807) is 16.0 Å². The van der Waals surface area contributed by atoms with Crippen LogP contribution in [-0.2, 0) is 0 Å². The second-order valence-corrected chi connectivity index (χ2v) is 9.07. The van der Waals surface area contributed by atoms with Crippen LogP contribution in [0.25, 0.3) is 0 Å². The molecule has 2 aliphatic carbocycles. The van der Waals surface area contributed by atoms with Crippen molar-refractivity contribution in [2.24, 2.45) is 35.5 Å². The summed E-state index contributed by atoms with van der Waals surface area (Å²) in [6.45, 7) is 17.8. The molecular weight excluding hydrogens is 294 g/mol. The van der Waals surface area contributed by atoms with Gasteiger partial charge in [-0.05, 0) is 50.4 Å². The van der Waals surface area contributed by atoms with Crippen LogP contribution in [0.15, 0.2) is 23.3 Å². The fourth-order valence-corrected chi connectivity index (χ4v) is 5.52. The predicted molar refractivity (Wildman–Crippen MR) is 103 cm³/mol. The Balaban J connectivity index is 2.04. The maximum absolute atomic E-state index is 9.60. The van der Waals surface area contributed by atoms with Crippen molar-refractivity contribution in [3.63, 3.8) is 0 Å². The molecular formula is C22H40NO+. The maximum Gasteiger partial charge on any atom is 0.101 e. The number of aliphatic hydroxyl groups excluding tert-OH is 1. The molecule has 0 spiro atoms. The lowest BCUT2D eigenvalue weighted by Crippen LogP contribution is -3.14. The molecule has 0 amide bonds. The highest BCUT2D eigenvalue weighted by Gasteiger charge is 2.34. The Morgan fingerprint density at radius 2 is 1.29 bits per heavy atom. The van der Waals surface area contributed by atoms with Crippen LogP contribution in [0, 0.1) is 35.5 Å². The fourth-order valence-electron chi connectivity index (χ4n) is 5.52. The first-order chi connectivity index (χ1) is 11.3. The summed E-state index contributed by atoms with van der Waals surface area (Å²) < 4.78 is 0. The van der Waals surface area contributed by atoms with Gasteiger partial charge in [0.1, 0.15) is 6.54 Å². The van der Waals surface area contributed by atoms with Crippen molar-refractivity contribution in [1.82, 2.24) is 0 Å². The number of quaternary nitrogens is 1. The predicted octanol–water partition coefficient (Wildman–Crippen LogP) is 3.34. The van der Waals surface area contributed by atoms with Gasteiger partial charge in [0.15, 0.2) is 0 Å². The van der Waals surface area contributed by atoms with Gasteiger partial charge in [-0.25, -0.2) is 0 Å². The molecule has 0 aliphatic heterocycles. The van der Waals surface area contributed by atoms with Gasteiger partial charge >= 0.3 is 0 Å². The quantitative estimate of drug-likeness (QED) is 0.716. The summed E-state index contributed by atoms with van der Waals surface area (Å²) >= 11 is 0. The minimum atomic E-state index is 0.310. The molecule has 2 N–H and O–H groups in total. The van der Waals surface area contributed by atoms with Crippen LogP contribution >= 0.6 is 0 Å². The van der Waals surface area contributed by atoms with Gasteiger partial charge in [0, 0.05) is 11.8 Å². The molecule has 0 aromatic carbocycles. The lowest BCUT2D eigenvalue weighted by molar-refractivity contribution is -0.909. The molecule has 0 radical (unpaired) electrons. The third-order valence-electron chi connectivity index (χ3n) is 6.71. The zero-order chi connectivity index (χ0) is 17.9. The molecule has 0 saturated heterocycles. The number of hydrogen-bond acceptors (Lipinski definition) is 1. The van der Waals surface area contributed by atoms with E-state index in [1.165, 1.54) is 25.9 Å². The Bertz CT molecular complexity index is 427. The Hall–Kier alpha value is -0.600. The zero-order valence-corrected chi connectivity index (χ0v) is 16.8. The van der Waals surface area contributed by atoms with Crippen molar-refractivity contribution in [1.29, 1.82) is 0 Å². The van der Waals surface area contributed by atoms with Gasteiger partial charge in [0.25, 0.3) is 0 Å². The number of allylic oxidation sites excluding steroid dienone is 4. The van der Waals surface area contributed by atoms with Crippen molar-refractivity contribution in [3.8, 4) is 0 Å². The van der Waals surface area contributed by atoms with Crippen molar-refractivity contribution in [2.45, 2.75) is 54.4 Å². The first-order valence-corrected chi connectivity index (χ1v) is 10.1. The van der Waals surface area contributed by atoms with E-state index in [9.17, 15) is 5.11 Å². The highest BCUT2D eigenvalue weighted by atomic mass is 16.3. The van der Waals surface area contributed by atoms with Gasteiger partial charge in [0.2, 0.25) is 0 Å². The van der Waals surface area contributed by atoms with Crippen LogP contribution in [0.5, 0.6) is 0 Å². The minimum absolute atomic E-state index is 0.310. The summed E-state index contributed by atoms with van der Waals surface area (Å²) in [5.41, 5.74) is 3.12. The average Bonchev–Trinajstić information content (AvgIpc) is 2.46. The Morgan fingerprint density at radius 3 is 1.62 bits per heavy atom. The van der Waals surface area contributed by atoms with Crippen molar-refractivity contribution in [2.75, 3.05) is 26.2 Å². The second-order valence-electron chi connectivity index (χ2n) is 9.07. The smallest absolute Gasteiger partial charge is 0.101 e. The molecule has 2 aliphatic rings. The van der Waals surface area contributed by atoms with E-state index < -0.39 is 0 Å². The molecule has 0 aromatic rings. The monoisotopic (exact) mass is 334 g/mol. The molecule has 2 rings (SSSR count). The third kappa shape index (κ3) is 4.95. The summed E-state index contributed by atoms with van der Waals surface area (Å²) in [5.74, 6) is 4.38. The van der Waals surface area contributed by atoms with Gasteiger partial charge in [-0.2, -0.15) is 0 Å². The first kappa shape index (κ1) is 19.7. The molecule has 0 unspecified atom stereocenters. The normalized spacial score (nSPS) is 37.3. The van der Waals surface area contributed by atoms with Crippen LogP contribution in [0.4, 0.5) is 0 Å². The van der Waals surface area contributed by atoms with Crippen LogP contribution in [-0.4, -0.2) is 31.3 Å². The van der Waals surface area contributed by atoms with E-state index >= 15 is 0 Å². The SMILES string of the molecule is CC1=C[C@H](C)[C@H](C[NH+](CCO)C[C@@H]2[C@H](C)CC(C)=C[C@@H]2C)[C@H](C)C1. The summed E-state index contributed by atoms with van der Waals surface area (Å²) in [7, 11) is 0. The maximum atomic E-state index is 9.60. The van der Waals surface area contributed by atoms with Gasteiger partial charge in [-0.15, -0.1) is 0 Å². The van der Waals surface area contributed by atoms with Crippen molar-refractivity contribution < 1.29 is 10.0 Å². The van der Waals surface area contributed by atoms with Crippen LogP contribution in [0.1, 0.15) is 54.4 Å². The molecule has 0 bridgehead atoms. The molecule has 2 heteroatoms. The molecule has 0 saturated carbocycles. The van der Waals surface area contributed by atoms with Crippen LogP contribution in [0.2, 0.25) is 0 Å². The molecule has 0 aromatic heterocycles. The van der Waals surface area contributed by atoms with Crippen molar-refractivity contribution in [3.05, 3.63) is 23.3 Å². The van der Waals surface area contributed by atoms with E-state index in [1.807, 2.05) is 0 Å². The first-order valence-electron chi connectivity index (χ1n) is 10.1. The van der Waals surface area contributed by atoms with Gasteiger partial charge < -0.3 is 10.0 Å². The van der Waals surface area contributed by atoms with E-state index in [4.69, 9.17) is 0 Å². The molecule has 2 nitrogen and oxygen atoms in total. The summed E-state index contributed by atoms with van der Waals surface area (Å²) in [6, 6.07) is 0. The topological polar surface area (TPSA) is 24.7 Å². The lowest BCUT2D eigenvalue weighted by Gasteiger charge is -2.39. The number of aliphatic hydroxyl groups is 1. The number of hydrogen-bond donors (Lipinski definition) is 2.